The molecule has 1 aliphatic rings. The third-order valence-electron chi connectivity index (χ3n) is 5.72. The Morgan fingerprint density at radius 2 is 1.67 bits per heavy atom. The van der Waals surface area contributed by atoms with Crippen molar-refractivity contribution < 1.29 is 35.5 Å². The maximum atomic E-state index is 13.2. The number of alkyl halides is 3. The molecular formula is C25H22F4N2O4S. The molecule has 3 aromatic carbocycles. The zero-order valence-corrected chi connectivity index (χ0v) is 19.7. The van der Waals surface area contributed by atoms with E-state index in [9.17, 15) is 30.8 Å². The Morgan fingerprint density at radius 1 is 1.00 bits per heavy atom. The van der Waals surface area contributed by atoms with Gasteiger partial charge in [0.2, 0.25) is 15.9 Å². The smallest absolute Gasteiger partial charge is 0.406 e. The minimum atomic E-state index is -4.80. The van der Waals surface area contributed by atoms with Crippen LogP contribution in [-0.2, 0) is 21.4 Å². The SMILES string of the molecule is O=C(NCc1cccc(-c2cccc(OC(F)(F)F)c2)c1)C1CCCN1S(=O)(=O)c1ccc(F)cc1. The molecule has 1 fully saturated rings. The van der Waals surface area contributed by atoms with Gasteiger partial charge in [-0.3, -0.25) is 4.79 Å². The lowest BCUT2D eigenvalue weighted by Crippen LogP contribution is -2.45. The topological polar surface area (TPSA) is 75.7 Å². The summed E-state index contributed by atoms with van der Waals surface area (Å²) in [7, 11) is -3.98. The zero-order valence-electron chi connectivity index (χ0n) is 18.8. The molecule has 190 valence electrons. The van der Waals surface area contributed by atoms with E-state index in [4.69, 9.17) is 0 Å². The fraction of sp³-hybridized carbons (Fsp3) is 0.240. The van der Waals surface area contributed by atoms with Gasteiger partial charge >= 0.3 is 6.36 Å². The number of hydrogen-bond donors (Lipinski definition) is 1. The van der Waals surface area contributed by atoms with Crippen molar-refractivity contribution in [2.45, 2.75) is 36.7 Å². The number of rotatable bonds is 7. The first-order chi connectivity index (χ1) is 17.0. The number of nitrogens with zero attached hydrogens (tertiary/aromatic N) is 1. The molecule has 1 aliphatic heterocycles. The summed E-state index contributed by atoms with van der Waals surface area (Å²) >= 11 is 0. The molecular weight excluding hydrogens is 500 g/mol. The molecule has 36 heavy (non-hydrogen) atoms. The molecule has 1 atom stereocenters. The predicted octanol–water partition coefficient (Wildman–Crippen LogP) is 4.86. The van der Waals surface area contributed by atoms with Crippen molar-refractivity contribution in [1.29, 1.82) is 0 Å². The highest BCUT2D eigenvalue weighted by atomic mass is 32.2. The number of nitrogens with one attached hydrogen (secondary N) is 1. The molecule has 1 N–H and O–H groups in total. The Bertz CT molecular complexity index is 1340. The van der Waals surface area contributed by atoms with E-state index in [1.54, 1.807) is 30.3 Å². The van der Waals surface area contributed by atoms with Gasteiger partial charge in [0.05, 0.1) is 4.90 Å². The van der Waals surface area contributed by atoms with E-state index >= 15 is 0 Å². The highest BCUT2D eigenvalue weighted by Crippen LogP contribution is 2.29. The lowest BCUT2D eigenvalue weighted by molar-refractivity contribution is -0.274. The number of amides is 1. The second-order valence-corrected chi connectivity index (χ2v) is 10.1. The normalized spacial score (nSPS) is 16.6. The molecule has 11 heteroatoms. The Morgan fingerprint density at radius 3 is 2.36 bits per heavy atom. The number of benzene rings is 3. The van der Waals surface area contributed by atoms with Gasteiger partial charge in [-0.1, -0.05) is 30.3 Å². The molecule has 1 saturated heterocycles. The molecule has 6 nitrogen and oxygen atoms in total. The van der Waals surface area contributed by atoms with E-state index < -0.39 is 34.2 Å². The van der Waals surface area contributed by atoms with Gasteiger partial charge in [0.1, 0.15) is 17.6 Å². The molecule has 0 saturated carbocycles. The molecule has 3 aromatic rings. The first-order valence-corrected chi connectivity index (χ1v) is 12.5. The maximum Gasteiger partial charge on any atom is 0.573 e. The number of ether oxygens (including phenoxy) is 1. The van der Waals surface area contributed by atoms with E-state index in [0.717, 1.165) is 28.6 Å². The van der Waals surface area contributed by atoms with Crippen LogP contribution >= 0.6 is 0 Å². The highest BCUT2D eigenvalue weighted by Gasteiger charge is 2.39. The second kappa shape index (κ2) is 10.3. The standard InChI is InChI=1S/C25H22F4N2O4S/c26-20-9-11-22(12-10-20)36(33,34)31-13-3-8-23(31)24(32)30-16-17-4-1-5-18(14-17)19-6-2-7-21(15-19)35-25(27,28)29/h1-2,4-7,9-12,14-15,23H,3,8,13,16H2,(H,30,32). The van der Waals surface area contributed by atoms with Crippen LogP contribution < -0.4 is 10.1 Å². The van der Waals surface area contributed by atoms with Crippen molar-refractivity contribution >= 4 is 15.9 Å². The van der Waals surface area contributed by atoms with Crippen LogP contribution in [0.2, 0.25) is 0 Å². The third-order valence-corrected chi connectivity index (χ3v) is 7.64. The third kappa shape index (κ3) is 6.03. The van der Waals surface area contributed by atoms with E-state index in [-0.39, 0.29) is 23.7 Å². The Hall–Kier alpha value is -3.44. The van der Waals surface area contributed by atoms with Gasteiger partial charge in [-0.05, 0) is 72.0 Å². The van der Waals surface area contributed by atoms with Crippen molar-refractivity contribution in [3.8, 4) is 16.9 Å². The van der Waals surface area contributed by atoms with Gasteiger partial charge < -0.3 is 10.1 Å². The van der Waals surface area contributed by atoms with Gasteiger partial charge in [-0.25, -0.2) is 12.8 Å². The largest absolute Gasteiger partial charge is 0.573 e. The van der Waals surface area contributed by atoms with Crippen LogP contribution in [0, 0.1) is 5.82 Å². The number of hydrogen-bond acceptors (Lipinski definition) is 4. The first-order valence-electron chi connectivity index (χ1n) is 11.0. The Labute approximate surface area is 205 Å². The van der Waals surface area contributed by atoms with Crippen LogP contribution in [-0.4, -0.2) is 37.6 Å². The van der Waals surface area contributed by atoms with Crippen LogP contribution in [0.1, 0.15) is 18.4 Å². The van der Waals surface area contributed by atoms with Gasteiger partial charge in [-0.2, -0.15) is 4.31 Å². The molecule has 0 spiro atoms. The van der Waals surface area contributed by atoms with E-state index in [1.165, 1.54) is 18.2 Å². The minimum absolute atomic E-state index is 0.0896. The monoisotopic (exact) mass is 522 g/mol. The average molecular weight is 523 g/mol. The van der Waals surface area contributed by atoms with Gasteiger partial charge in [0, 0.05) is 13.1 Å². The van der Waals surface area contributed by atoms with Crippen molar-refractivity contribution in [2.75, 3.05) is 6.54 Å². The lowest BCUT2D eigenvalue weighted by Gasteiger charge is -2.23. The second-order valence-electron chi connectivity index (χ2n) is 8.22. The number of carbonyl (C=O) groups is 1. The van der Waals surface area contributed by atoms with E-state index in [0.29, 0.717) is 29.5 Å². The molecule has 1 amide bonds. The molecule has 1 unspecified atom stereocenters. The fourth-order valence-electron chi connectivity index (χ4n) is 4.07. The molecule has 1 heterocycles. The van der Waals surface area contributed by atoms with Gasteiger partial charge in [0.15, 0.2) is 0 Å². The summed E-state index contributed by atoms with van der Waals surface area (Å²) in [5.41, 5.74) is 1.79. The van der Waals surface area contributed by atoms with Crippen molar-refractivity contribution in [3.05, 3.63) is 84.2 Å². The van der Waals surface area contributed by atoms with E-state index in [2.05, 4.69) is 10.1 Å². The maximum absolute atomic E-state index is 13.2. The minimum Gasteiger partial charge on any atom is -0.406 e. The van der Waals surface area contributed by atoms with Gasteiger partial charge in [0.25, 0.3) is 0 Å². The number of halogens is 4. The summed E-state index contributed by atoms with van der Waals surface area (Å²) in [4.78, 5) is 12.8. The van der Waals surface area contributed by atoms with Crippen LogP contribution in [0.15, 0.2) is 77.7 Å². The average Bonchev–Trinajstić information content (AvgIpc) is 3.33. The molecule has 0 aliphatic carbocycles. The summed E-state index contributed by atoms with van der Waals surface area (Å²) in [5.74, 6) is -1.38. The van der Waals surface area contributed by atoms with Crippen LogP contribution in [0.3, 0.4) is 0 Å². The summed E-state index contributed by atoms with van der Waals surface area (Å²) in [6.45, 7) is 0.260. The van der Waals surface area contributed by atoms with Crippen molar-refractivity contribution in [2.24, 2.45) is 0 Å². The first kappa shape index (κ1) is 25.6. The Balaban J connectivity index is 1.45. The quantitative estimate of drug-likeness (QED) is 0.450. The van der Waals surface area contributed by atoms with Crippen LogP contribution in [0.25, 0.3) is 11.1 Å². The number of sulfonamides is 1. The molecule has 0 aromatic heterocycles. The fourth-order valence-corrected chi connectivity index (χ4v) is 5.73. The highest BCUT2D eigenvalue weighted by molar-refractivity contribution is 7.89. The van der Waals surface area contributed by atoms with Crippen molar-refractivity contribution in [1.82, 2.24) is 9.62 Å². The number of carbonyl (C=O) groups excluding carboxylic acids is 1. The van der Waals surface area contributed by atoms with Crippen LogP contribution in [0.5, 0.6) is 5.75 Å². The predicted molar refractivity (Wildman–Crippen MR) is 124 cm³/mol. The molecule has 0 bridgehead atoms. The lowest BCUT2D eigenvalue weighted by atomic mass is 10.0. The van der Waals surface area contributed by atoms with Gasteiger partial charge in [-0.15, -0.1) is 13.2 Å². The summed E-state index contributed by atoms with van der Waals surface area (Å²) in [5, 5.41) is 2.75. The van der Waals surface area contributed by atoms with Crippen molar-refractivity contribution in [3.63, 3.8) is 0 Å². The Kier molecular flexibility index (Phi) is 7.32. The van der Waals surface area contributed by atoms with Crippen LogP contribution in [0.4, 0.5) is 17.6 Å². The molecule has 4 rings (SSSR count). The molecule has 0 radical (unpaired) electrons. The van der Waals surface area contributed by atoms with E-state index in [1.807, 2.05) is 0 Å². The summed E-state index contributed by atoms with van der Waals surface area (Å²) in [6, 6.07) is 16.0. The summed E-state index contributed by atoms with van der Waals surface area (Å²) < 4.78 is 81.9. The summed E-state index contributed by atoms with van der Waals surface area (Å²) in [6.07, 6.45) is -3.95. The zero-order chi connectivity index (χ0) is 25.9.